The van der Waals surface area contributed by atoms with Crippen LogP contribution in [-0.2, 0) is 17.6 Å². The zero-order valence-electron chi connectivity index (χ0n) is 13.2. The number of nitrogens with one attached hydrogen (secondary N) is 1. The van der Waals surface area contributed by atoms with E-state index in [1.807, 2.05) is 7.11 Å². The predicted octanol–water partition coefficient (Wildman–Crippen LogP) is 3.64. The van der Waals surface area contributed by atoms with Crippen LogP contribution in [0.2, 0.25) is 0 Å². The van der Waals surface area contributed by atoms with Crippen molar-refractivity contribution < 1.29 is 4.74 Å². The lowest BCUT2D eigenvalue weighted by Gasteiger charge is -2.52. The van der Waals surface area contributed by atoms with Crippen LogP contribution in [0.5, 0.6) is 0 Å². The molecule has 0 amide bonds. The zero-order valence-corrected chi connectivity index (χ0v) is 13.2. The summed E-state index contributed by atoms with van der Waals surface area (Å²) in [4.78, 5) is 0. The van der Waals surface area contributed by atoms with Gasteiger partial charge in [0.05, 0.1) is 6.10 Å². The Labute approximate surface area is 122 Å². The number of ether oxygens (including phenoxy) is 1. The van der Waals surface area contributed by atoms with E-state index in [0.717, 1.165) is 6.42 Å². The molecule has 2 nitrogen and oxygen atoms in total. The third-order valence-electron chi connectivity index (χ3n) is 5.54. The van der Waals surface area contributed by atoms with E-state index in [1.165, 1.54) is 24.8 Å². The first-order chi connectivity index (χ1) is 9.52. The van der Waals surface area contributed by atoms with Crippen molar-refractivity contribution in [1.82, 2.24) is 5.32 Å². The molecule has 1 aromatic rings. The fraction of sp³-hybridized carbons (Fsp3) is 0.667. The summed E-state index contributed by atoms with van der Waals surface area (Å²) in [6.45, 7) is 6.89. The SMILES string of the molecule is COC1CC(NC(C)c2ccc3c(c2)CCC3)C1(C)C. The number of hydrogen-bond acceptors (Lipinski definition) is 2. The summed E-state index contributed by atoms with van der Waals surface area (Å²) in [5, 5.41) is 3.80. The van der Waals surface area contributed by atoms with Gasteiger partial charge < -0.3 is 10.1 Å². The lowest BCUT2D eigenvalue weighted by atomic mass is 9.64. The van der Waals surface area contributed by atoms with E-state index in [9.17, 15) is 0 Å². The fourth-order valence-corrected chi connectivity index (χ4v) is 3.83. The molecule has 0 aliphatic heterocycles. The van der Waals surface area contributed by atoms with E-state index >= 15 is 0 Å². The maximum atomic E-state index is 5.54. The van der Waals surface area contributed by atoms with E-state index in [2.05, 4.69) is 44.3 Å². The minimum atomic E-state index is 0.236. The Morgan fingerprint density at radius 1 is 1.25 bits per heavy atom. The van der Waals surface area contributed by atoms with Crippen molar-refractivity contribution in [2.45, 2.75) is 64.6 Å². The minimum absolute atomic E-state index is 0.236. The summed E-state index contributed by atoms with van der Waals surface area (Å²) in [5.74, 6) is 0. The highest BCUT2D eigenvalue weighted by Gasteiger charge is 2.48. The van der Waals surface area contributed by atoms with Crippen molar-refractivity contribution in [3.8, 4) is 0 Å². The van der Waals surface area contributed by atoms with E-state index in [4.69, 9.17) is 4.74 Å². The third kappa shape index (κ3) is 2.29. The molecule has 3 atom stereocenters. The Kier molecular flexibility index (Phi) is 3.64. The first kappa shape index (κ1) is 14.1. The topological polar surface area (TPSA) is 21.3 Å². The van der Waals surface area contributed by atoms with Gasteiger partial charge in [-0.1, -0.05) is 32.0 Å². The van der Waals surface area contributed by atoms with Gasteiger partial charge in [-0.25, -0.2) is 0 Å². The lowest BCUT2D eigenvalue weighted by molar-refractivity contribution is -0.0999. The second kappa shape index (κ2) is 5.16. The molecule has 0 bridgehead atoms. The van der Waals surface area contributed by atoms with Crippen LogP contribution in [0.4, 0.5) is 0 Å². The van der Waals surface area contributed by atoms with Crippen molar-refractivity contribution in [2.75, 3.05) is 7.11 Å². The average Bonchev–Trinajstić information content (AvgIpc) is 2.89. The summed E-state index contributed by atoms with van der Waals surface area (Å²) in [5.41, 5.74) is 4.80. The molecule has 2 aliphatic carbocycles. The smallest absolute Gasteiger partial charge is 0.0652 e. The molecule has 0 saturated heterocycles. The third-order valence-corrected chi connectivity index (χ3v) is 5.54. The molecule has 3 unspecified atom stereocenters. The summed E-state index contributed by atoms with van der Waals surface area (Å²) in [7, 11) is 1.83. The summed E-state index contributed by atoms with van der Waals surface area (Å²) in [6, 6.07) is 8.03. The van der Waals surface area contributed by atoms with Gasteiger partial charge in [0.25, 0.3) is 0 Å². The predicted molar refractivity (Wildman–Crippen MR) is 83.0 cm³/mol. The highest BCUT2D eigenvalue weighted by atomic mass is 16.5. The quantitative estimate of drug-likeness (QED) is 0.904. The monoisotopic (exact) mass is 273 g/mol. The Bertz CT molecular complexity index is 494. The molecule has 0 heterocycles. The Hall–Kier alpha value is -0.860. The molecule has 2 heteroatoms. The molecule has 0 radical (unpaired) electrons. The Morgan fingerprint density at radius 2 is 2.00 bits per heavy atom. The second-order valence-electron chi connectivity index (χ2n) is 7.10. The van der Waals surface area contributed by atoms with Crippen LogP contribution in [0.15, 0.2) is 18.2 Å². The number of rotatable bonds is 4. The van der Waals surface area contributed by atoms with Gasteiger partial charge in [0.1, 0.15) is 0 Å². The van der Waals surface area contributed by atoms with Crippen molar-refractivity contribution in [3.63, 3.8) is 0 Å². The first-order valence-electron chi connectivity index (χ1n) is 7.93. The molecule has 0 aromatic heterocycles. The Morgan fingerprint density at radius 3 is 2.70 bits per heavy atom. The normalized spacial score (nSPS) is 28.8. The molecule has 2 aliphatic rings. The van der Waals surface area contributed by atoms with Crippen molar-refractivity contribution in [3.05, 3.63) is 34.9 Å². The standard InChI is InChI=1S/C18H27NO/c1-12(19-16-11-17(20-4)18(16,2)3)14-9-8-13-6-5-7-15(13)10-14/h8-10,12,16-17,19H,5-7,11H2,1-4H3. The van der Waals surface area contributed by atoms with Gasteiger partial charge in [-0.2, -0.15) is 0 Å². The molecule has 0 spiro atoms. The number of methoxy groups -OCH3 is 1. The zero-order chi connectivity index (χ0) is 14.3. The van der Waals surface area contributed by atoms with Gasteiger partial charge in [0.15, 0.2) is 0 Å². The molecule has 1 N–H and O–H groups in total. The highest BCUT2D eigenvalue weighted by Crippen LogP contribution is 2.43. The fourth-order valence-electron chi connectivity index (χ4n) is 3.83. The van der Waals surface area contributed by atoms with Gasteiger partial charge >= 0.3 is 0 Å². The number of benzene rings is 1. The van der Waals surface area contributed by atoms with E-state index < -0.39 is 0 Å². The highest BCUT2D eigenvalue weighted by molar-refractivity contribution is 5.36. The van der Waals surface area contributed by atoms with Crippen molar-refractivity contribution in [1.29, 1.82) is 0 Å². The van der Waals surface area contributed by atoms with E-state index in [-0.39, 0.29) is 5.41 Å². The van der Waals surface area contributed by atoms with Gasteiger partial charge in [0.2, 0.25) is 0 Å². The minimum Gasteiger partial charge on any atom is -0.381 e. The summed E-state index contributed by atoms with van der Waals surface area (Å²) < 4.78 is 5.54. The second-order valence-corrected chi connectivity index (χ2v) is 7.10. The molecule has 1 saturated carbocycles. The first-order valence-corrected chi connectivity index (χ1v) is 7.93. The average molecular weight is 273 g/mol. The molecular formula is C18H27NO. The summed E-state index contributed by atoms with van der Waals surface area (Å²) >= 11 is 0. The molecule has 3 rings (SSSR count). The van der Waals surface area contributed by atoms with Crippen LogP contribution in [0, 0.1) is 5.41 Å². The van der Waals surface area contributed by atoms with E-state index in [1.54, 1.807) is 11.1 Å². The molecule has 1 fully saturated rings. The van der Waals surface area contributed by atoms with E-state index in [0.29, 0.717) is 18.2 Å². The van der Waals surface area contributed by atoms with Crippen molar-refractivity contribution >= 4 is 0 Å². The molecule has 1 aromatic carbocycles. The molecular weight excluding hydrogens is 246 g/mol. The molecule has 110 valence electrons. The maximum Gasteiger partial charge on any atom is 0.0652 e. The van der Waals surface area contributed by atoms with Crippen LogP contribution in [-0.4, -0.2) is 19.3 Å². The Balaban J connectivity index is 1.67. The lowest BCUT2D eigenvalue weighted by Crippen LogP contribution is -2.60. The van der Waals surface area contributed by atoms with Crippen LogP contribution in [0.1, 0.15) is 56.3 Å². The van der Waals surface area contributed by atoms with Crippen LogP contribution in [0.3, 0.4) is 0 Å². The summed E-state index contributed by atoms with van der Waals surface area (Å²) in [6.07, 6.45) is 5.37. The van der Waals surface area contributed by atoms with Gasteiger partial charge in [-0.05, 0) is 49.3 Å². The number of fused-ring (bicyclic) bond motifs is 1. The van der Waals surface area contributed by atoms with Gasteiger partial charge in [0, 0.05) is 24.6 Å². The van der Waals surface area contributed by atoms with Gasteiger partial charge in [-0.3, -0.25) is 0 Å². The van der Waals surface area contributed by atoms with Crippen LogP contribution in [0.25, 0.3) is 0 Å². The number of aryl methyl sites for hydroxylation is 2. The largest absolute Gasteiger partial charge is 0.381 e. The maximum absolute atomic E-state index is 5.54. The van der Waals surface area contributed by atoms with Crippen LogP contribution >= 0.6 is 0 Å². The van der Waals surface area contributed by atoms with Crippen LogP contribution < -0.4 is 5.32 Å². The van der Waals surface area contributed by atoms with Crippen molar-refractivity contribution in [2.24, 2.45) is 5.41 Å². The number of hydrogen-bond donors (Lipinski definition) is 1. The molecule has 20 heavy (non-hydrogen) atoms. The van der Waals surface area contributed by atoms with Gasteiger partial charge in [-0.15, -0.1) is 0 Å².